The van der Waals surface area contributed by atoms with Crippen LogP contribution in [0.15, 0.2) is 30.3 Å². The minimum Gasteiger partial charge on any atom is -0.352 e. The monoisotopic (exact) mass is 338 g/mol. The van der Waals surface area contributed by atoms with E-state index in [1.165, 1.54) is 17.4 Å². The van der Waals surface area contributed by atoms with Crippen LogP contribution in [0.5, 0.6) is 0 Å². The van der Waals surface area contributed by atoms with Crippen LogP contribution in [0.25, 0.3) is 0 Å². The molecule has 1 aliphatic carbocycles. The van der Waals surface area contributed by atoms with E-state index in [-0.39, 0.29) is 30.1 Å². The van der Waals surface area contributed by atoms with Crippen molar-refractivity contribution in [1.82, 2.24) is 5.32 Å². The lowest BCUT2D eigenvalue weighted by atomic mass is 10.1. The van der Waals surface area contributed by atoms with Gasteiger partial charge >= 0.3 is 0 Å². The number of amides is 1. The first-order valence-electron chi connectivity index (χ1n) is 7.09. The SMILES string of the molecule is NCc1ccc(CNC(=O)[C@@H]2C[C@H]2c2ccc(Cl)s2)c(F)c1. The van der Waals surface area contributed by atoms with Crippen LogP contribution in [0.4, 0.5) is 4.39 Å². The molecule has 1 aliphatic rings. The van der Waals surface area contributed by atoms with Crippen molar-refractivity contribution in [2.24, 2.45) is 11.7 Å². The average Bonchev–Trinajstić information content (AvgIpc) is 3.20. The largest absolute Gasteiger partial charge is 0.352 e. The Balaban J connectivity index is 1.55. The fourth-order valence-corrected chi connectivity index (χ4v) is 3.74. The molecule has 0 bridgehead atoms. The Kier molecular flexibility index (Phi) is 4.47. The van der Waals surface area contributed by atoms with Crippen molar-refractivity contribution in [3.8, 4) is 0 Å². The molecule has 3 nitrogen and oxygen atoms in total. The number of hydrogen-bond donors (Lipinski definition) is 2. The van der Waals surface area contributed by atoms with E-state index < -0.39 is 0 Å². The fourth-order valence-electron chi connectivity index (χ4n) is 2.50. The van der Waals surface area contributed by atoms with E-state index in [4.69, 9.17) is 17.3 Å². The van der Waals surface area contributed by atoms with E-state index in [0.29, 0.717) is 12.1 Å². The lowest BCUT2D eigenvalue weighted by molar-refractivity contribution is -0.122. The molecule has 0 radical (unpaired) electrons. The second-order valence-electron chi connectivity index (χ2n) is 5.44. The number of benzene rings is 1. The van der Waals surface area contributed by atoms with Crippen LogP contribution < -0.4 is 11.1 Å². The Hall–Kier alpha value is -1.43. The van der Waals surface area contributed by atoms with Gasteiger partial charge in [-0.15, -0.1) is 11.3 Å². The first-order chi connectivity index (χ1) is 10.6. The summed E-state index contributed by atoms with van der Waals surface area (Å²) < 4.78 is 14.6. The number of nitrogens with one attached hydrogen (secondary N) is 1. The molecule has 0 saturated heterocycles. The Morgan fingerprint density at radius 2 is 2.23 bits per heavy atom. The van der Waals surface area contributed by atoms with Gasteiger partial charge in [0.1, 0.15) is 5.82 Å². The minimum atomic E-state index is -0.333. The predicted octanol–water partition coefficient (Wildman–Crippen LogP) is 3.42. The second kappa shape index (κ2) is 6.36. The third-order valence-corrected chi connectivity index (χ3v) is 5.26. The summed E-state index contributed by atoms with van der Waals surface area (Å²) >= 11 is 7.42. The van der Waals surface area contributed by atoms with Gasteiger partial charge in [0.2, 0.25) is 5.91 Å². The third-order valence-electron chi connectivity index (χ3n) is 3.89. The zero-order valence-electron chi connectivity index (χ0n) is 11.8. The zero-order valence-corrected chi connectivity index (χ0v) is 13.4. The standard InChI is InChI=1S/C16H16ClFN2OS/c17-15-4-3-14(22-15)11-6-12(11)16(21)20-8-10-2-1-9(7-19)5-13(10)18/h1-5,11-12H,6-8,19H2,(H,20,21)/t11-,12-/m1/s1. The van der Waals surface area contributed by atoms with Gasteiger partial charge in [-0.1, -0.05) is 23.7 Å². The van der Waals surface area contributed by atoms with Crippen molar-refractivity contribution >= 4 is 28.8 Å². The van der Waals surface area contributed by atoms with E-state index in [1.54, 1.807) is 12.1 Å². The Labute approximate surface area is 137 Å². The van der Waals surface area contributed by atoms with Crippen molar-refractivity contribution < 1.29 is 9.18 Å². The lowest BCUT2D eigenvalue weighted by Gasteiger charge is -2.07. The lowest BCUT2D eigenvalue weighted by Crippen LogP contribution is -2.25. The van der Waals surface area contributed by atoms with Gasteiger partial charge in [-0.05, 0) is 30.2 Å². The molecule has 22 heavy (non-hydrogen) atoms. The van der Waals surface area contributed by atoms with Crippen molar-refractivity contribution in [3.05, 3.63) is 56.5 Å². The maximum absolute atomic E-state index is 13.8. The highest BCUT2D eigenvalue weighted by molar-refractivity contribution is 7.16. The quantitative estimate of drug-likeness (QED) is 0.877. The Morgan fingerprint density at radius 1 is 1.41 bits per heavy atom. The summed E-state index contributed by atoms with van der Waals surface area (Å²) in [7, 11) is 0. The van der Waals surface area contributed by atoms with Gasteiger partial charge in [0.25, 0.3) is 0 Å². The van der Waals surface area contributed by atoms with E-state index >= 15 is 0 Å². The van der Waals surface area contributed by atoms with E-state index in [0.717, 1.165) is 21.2 Å². The number of hydrogen-bond acceptors (Lipinski definition) is 3. The van der Waals surface area contributed by atoms with Crippen molar-refractivity contribution in [3.63, 3.8) is 0 Å². The second-order valence-corrected chi connectivity index (χ2v) is 7.18. The predicted molar refractivity (Wildman–Crippen MR) is 86.3 cm³/mol. The van der Waals surface area contributed by atoms with Crippen LogP contribution in [-0.2, 0) is 17.9 Å². The minimum absolute atomic E-state index is 0.0268. The summed E-state index contributed by atoms with van der Waals surface area (Å²) in [6, 6.07) is 8.67. The first-order valence-corrected chi connectivity index (χ1v) is 8.28. The highest BCUT2D eigenvalue weighted by atomic mass is 35.5. The van der Waals surface area contributed by atoms with Crippen LogP contribution in [-0.4, -0.2) is 5.91 Å². The molecule has 1 fully saturated rings. The maximum Gasteiger partial charge on any atom is 0.224 e. The molecular formula is C16H16ClFN2OS. The summed E-state index contributed by atoms with van der Waals surface area (Å²) in [6.45, 7) is 0.501. The fraction of sp³-hybridized carbons (Fsp3) is 0.312. The summed E-state index contributed by atoms with van der Waals surface area (Å²) in [4.78, 5) is 13.3. The van der Waals surface area contributed by atoms with Crippen molar-refractivity contribution in [2.75, 3.05) is 0 Å². The van der Waals surface area contributed by atoms with Gasteiger partial charge in [-0.2, -0.15) is 0 Å². The smallest absolute Gasteiger partial charge is 0.224 e. The molecule has 1 heterocycles. The average molecular weight is 339 g/mol. The number of rotatable bonds is 5. The van der Waals surface area contributed by atoms with Crippen molar-refractivity contribution in [1.29, 1.82) is 0 Å². The topological polar surface area (TPSA) is 55.1 Å². The van der Waals surface area contributed by atoms with Gasteiger partial charge in [-0.3, -0.25) is 4.79 Å². The molecule has 3 rings (SSSR count). The van der Waals surface area contributed by atoms with E-state index in [2.05, 4.69) is 5.32 Å². The summed E-state index contributed by atoms with van der Waals surface area (Å²) in [5, 5.41) is 2.81. The normalized spacial score (nSPS) is 20.0. The zero-order chi connectivity index (χ0) is 15.7. The van der Waals surface area contributed by atoms with E-state index in [1.807, 2.05) is 12.1 Å². The molecular weight excluding hydrogens is 323 g/mol. The van der Waals surface area contributed by atoms with Crippen LogP contribution in [0.1, 0.15) is 28.3 Å². The molecule has 2 atom stereocenters. The number of thiophene rings is 1. The molecule has 0 unspecified atom stereocenters. The van der Waals surface area contributed by atoms with Crippen LogP contribution >= 0.6 is 22.9 Å². The number of carbonyl (C=O) groups excluding carboxylic acids is 1. The molecule has 3 N–H and O–H groups in total. The molecule has 2 aromatic rings. The van der Waals surface area contributed by atoms with Gasteiger partial charge < -0.3 is 11.1 Å². The number of halogens is 2. The van der Waals surface area contributed by atoms with Gasteiger partial charge in [0.05, 0.1) is 4.34 Å². The van der Waals surface area contributed by atoms with Gasteiger partial charge in [0.15, 0.2) is 0 Å². The molecule has 6 heteroatoms. The summed E-state index contributed by atoms with van der Waals surface area (Å²) in [5.74, 6) is -0.138. The van der Waals surface area contributed by atoms with Gasteiger partial charge in [-0.25, -0.2) is 4.39 Å². The van der Waals surface area contributed by atoms with Crippen molar-refractivity contribution in [2.45, 2.75) is 25.4 Å². The van der Waals surface area contributed by atoms with Crippen LogP contribution in [0.3, 0.4) is 0 Å². The molecule has 0 spiro atoms. The molecule has 1 aromatic carbocycles. The number of nitrogens with two attached hydrogens (primary N) is 1. The maximum atomic E-state index is 13.8. The van der Waals surface area contributed by atoms with Crippen LogP contribution in [0.2, 0.25) is 4.34 Å². The highest BCUT2D eigenvalue weighted by Crippen LogP contribution is 2.50. The first kappa shape index (κ1) is 15.5. The number of carbonyl (C=O) groups is 1. The third kappa shape index (κ3) is 3.32. The van der Waals surface area contributed by atoms with Crippen LogP contribution in [0, 0.1) is 11.7 Å². The molecule has 1 amide bonds. The molecule has 1 aromatic heterocycles. The Bertz CT molecular complexity index is 703. The van der Waals surface area contributed by atoms with Gasteiger partial charge in [0, 0.05) is 35.4 Å². The summed E-state index contributed by atoms with van der Waals surface area (Å²) in [6.07, 6.45) is 0.831. The molecule has 0 aliphatic heterocycles. The molecule has 116 valence electrons. The van der Waals surface area contributed by atoms with E-state index in [9.17, 15) is 9.18 Å². The highest BCUT2D eigenvalue weighted by Gasteiger charge is 2.44. The molecule has 1 saturated carbocycles. The Morgan fingerprint density at radius 3 is 2.86 bits per heavy atom. The summed E-state index contributed by atoms with van der Waals surface area (Å²) in [5.41, 5.74) is 6.68.